The van der Waals surface area contributed by atoms with Crippen molar-refractivity contribution in [1.82, 2.24) is 9.97 Å². The minimum absolute atomic E-state index is 0.258. The van der Waals surface area contributed by atoms with Gasteiger partial charge in [0.2, 0.25) is 5.75 Å². The van der Waals surface area contributed by atoms with Crippen molar-refractivity contribution < 1.29 is 9.84 Å². The first-order valence-corrected chi connectivity index (χ1v) is 7.23. The third kappa shape index (κ3) is 2.18. The Morgan fingerprint density at radius 1 is 1.50 bits per heavy atom. The molecule has 0 bridgehead atoms. The van der Waals surface area contributed by atoms with Gasteiger partial charge in [0.25, 0.3) is 5.56 Å². The van der Waals surface area contributed by atoms with E-state index in [9.17, 15) is 9.90 Å². The fourth-order valence-electron chi connectivity index (χ4n) is 3.55. The molecule has 6 nitrogen and oxygen atoms in total. The second-order valence-electron chi connectivity index (χ2n) is 5.83. The topological polar surface area (TPSA) is 78.5 Å². The lowest BCUT2D eigenvalue weighted by atomic mass is 9.71. The summed E-state index contributed by atoms with van der Waals surface area (Å²) in [5, 5.41) is 10.7. The van der Waals surface area contributed by atoms with Crippen molar-refractivity contribution >= 4 is 5.82 Å². The molecule has 6 heteroatoms. The molecule has 1 aliphatic heterocycles. The Hall–Kier alpha value is -1.56. The van der Waals surface area contributed by atoms with Gasteiger partial charge in [-0.15, -0.1) is 0 Å². The molecule has 1 saturated heterocycles. The molecule has 1 aromatic heterocycles. The molecule has 2 heterocycles. The number of fused-ring (bicyclic) bond motifs is 1. The molecule has 2 fully saturated rings. The highest BCUT2D eigenvalue weighted by Crippen LogP contribution is 2.41. The lowest BCUT2D eigenvalue weighted by molar-refractivity contribution is -0.0614. The highest BCUT2D eigenvalue weighted by atomic mass is 16.5. The van der Waals surface area contributed by atoms with Crippen molar-refractivity contribution in [1.29, 1.82) is 0 Å². The molecule has 2 atom stereocenters. The van der Waals surface area contributed by atoms with E-state index in [4.69, 9.17) is 4.74 Å². The Morgan fingerprint density at radius 3 is 3.15 bits per heavy atom. The summed E-state index contributed by atoms with van der Waals surface area (Å²) in [6, 6.07) is 0. The molecule has 2 N–H and O–H groups in total. The van der Waals surface area contributed by atoms with Crippen molar-refractivity contribution in [3.05, 3.63) is 16.7 Å². The summed E-state index contributed by atoms with van der Waals surface area (Å²) in [5.41, 5.74) is -0.787. The molecule has 1 aromatic rings. The fraction of sp³-hybridized carbons (Fsp3) is 0.714. The molecule has 2 aliphatic rings. The molecule has 0 radical (unpaired) electrons. The summed E-state index contributed by atoms with van der Waals surface area (Å²) in [6.07, 6.45) is 6.35. The lowest BCUT2D eigenvalue weighted by Gasteiger charge is -2.47. The second kappa shape index (κ2) is 5.09. The number of hydrogen-bond acceptors (Lipinski definition) is 5. The van der Waals surface area contributed by atoms with Crippen molar-refractivity contribution in [2.75, 3.05) is 25.1 Å². The Morgan fingerprint density at radius 2 is 2.35 bits per heavy atom. The number of methoxy groups -OCH3 is 1. The van der Waals surface area contributed by atoms with Crippen LogP contribution in [0, 0.1) is 5.92 Å². The van der Waals surface area contributed by atoms with Gasteiger partial charge in [-0.25, -0.2) is 4.98 Å². The van der Waals surface area contributed by atoms with Crippen LogP contribution >= 0.6 is 0 Å². The summed E-state index contributed by atoms with van der Waals surface area (Å²) in [7, 11) is 1.48. The average Bonchev–Trinajstić information content (AvgIpc) is 2.46. The second-order valence-corrected chi connectivity index (χ2v) is 5.83. The van der Waals surface area contributed by atoms with E-state index in [1.54, 1.807) is 0 Å². The van der Waals surface area contributed by atoms with Gasteiger partial charge in [-0.3, -0.25) is 4.79 Å². The Kier molecular flexibility index (Phi) is 3.41. The molecule has 0 aromatic carbocycles. The van der Waals surface area contributed by atoms with E-state index >= 15 is 0 Å². The van der Waals surface area contributed by atoms with Crippen LogP contribution in [0.1, 0.15) is 32.1 Å². The van der Waals surface area contributed by atoms with E-state index in [2.05, 4.69) is 14.9 Å². The Balaban J connectivity index is 1.86. The van der Waals surface area contributed by atoms with Gasteiger partial charge in [0.15, 0.2) is 5.82 Å². The third-order valence-corrected chi connectivity index (χ3v) is 4.72. The van der Waals surface area contributed by atoms with Gasteiger partial charge in [-0.2, -0.15) is 0 Å². The molecule has 3 rings (SSSR count). The summed E-state index contributed by atoms with van der Waals surface area (Å²) < 4.78 is 5.18. The predicted molar refractivity (Wildman–Crippen MR) is 75.1 cm³/mol. The van der Waals surface area contributed by atoms with Crippen LogP contribution in [0.5, 0.6) is 5.75 Å². The van der Waals surface area contributed by atoms with Crippen molar-refractivity contribution in [3.63, 3.8) is 0 Å². The van der Waals surface area contributed by atoms with Gasteiger partial charge in [0.05, 0.1) is 19.0 Å². The molecule has 1 aliphatic carbocycles. The molecular weight excluding hydrogens is 258 g/mol. The molecule has 20 heavy (non-hydrogen) atoms. The molecular formula is C14H21N3O3. The lowest BCUT2D eigenvalue weighted by Crippen LogP contribution is -2.53. The predicted octanol–water partition coefficient (Wildman–Crippen LogP) is 0.910. The first-order chi connectivity index (χ1) is 9.64. The smallest absolute Gasteiger partial charge is 0.295 e. The van der Waals surface area contributed by atoms with E-state index in [1.807, 2.05) is 0 Å². The summed E-state index contributed by atoms with van der Waals surface area (Å²) in [5.74, 6) is 1.11. The highest BCUT2D eigenvalue weighted by molar-refractivity contribution is 5.51. The zero-order valence-electron chi connectivity index (χ0n) is 11.8. The Labute approximate surface area is 117 Å². The summed E-state index contributed by atoms with van der Waals surface area (Å²) in [6.45, 7) is 1.45. The van der Waals surface area contributed by atoms with Gasteiger partial charge >= 0.3 is 0 Å². The SMILES string of the molecule is COc1c(N2CCC3(O)CCCCC3C2)nc[nH]c1=O. The quantitative estimate of drug-likeness (QED) is 0.841. The number of aromatic amines is 1. The van der Waals surface area contributed by atoms with Gasteiger partial charge < -0.3 is 19.7 Å². The highest BCUT2D eigenvalue weighted by Gasteiger charge is 2.43. The summed E-state index contributed by atoms with van der Waals surface area (Å²) >= 11 is 0. The number of nitrogens with one attached hydrogen (secondary N) is 1. The van der Waals surface area contributed by atoms with Gasteiger partial charge in [-0.1, -0.05) is 12.8 Å². The maximum Gasteiger partial charge on any atom is 0.295 e. The molecule has 1 saturated carbocycles. The van der Waals surface area contributed by atoms with Crippen LogP contribution in [0.3, 0.4) is 0 Å². The number of ether oxygens (including phenoxy) is 1. The zero-order valence-corrected chi connectivity index (χ0v) is 11.8. The number of H-pyrrole nitrogens is 1. The first kappa shape index (κ1) is 13.4. The van der Waals surface area contributed by atoms with Gasteiger partial charge in [0, 0.05) is 19.0 Å². The van der Waals surface area contributed by atoms with Crippen LogP contribution in [0.15, 0.2) is 11.1 Å². The molecule has 0 spiro atoms. The molecule has 0 amide bonds. The maximum atomic E-state index is 11.8. The van der Waals surface area contributed by atoms with E-state index < -0.39 is 5.60 Å². The van der Waals surface area contributed by atoms with Crippen LogP contribution < -0.4 is 15.2 Å². The van der Waals surface area contributed by atoms with Crippen LogP contribution in [-0.2, 0) is 0 Å². The average molecular weight is 279 g/mol. The van der Waals surface area contributed by atoms with Crippen molar-refractivity contribution in [2.45, 2.75) is 37.7 Å². The number of aliphatic hydroxyl groups is 1. The fourth-order valence-corrected chi connectivity index (χ4v) is 3.55. The van der Waals surface area contributed by atoms with E-state index in [0.29, 0.717) is 12.4 Å². The normalized spacial score (nSPS) is 29.9. The number of hydrogen-bond donors (Lipinski definition) is 2. The minimum Gasteiger partial charge on any atom is -0.489 e. The minimum atomic E-state index is -0.525. The number of nitrogens with zero attached hydrogens (tertiary/aromatic N) is 2. The monoisotopic (exact) mass is 279 g/mol. The molecule has 2 unspecified atom stereocenters. The number of anilines is 1. The number of piperidine rings is 1. The van der Waals surface area contributed by atoms with Gasteiger partial charge in [0.1, 0.15) is 0 Å². The van der Waals surface area contributed by atoms with E-state index in [-0.39, 0.29) is 17.2 Å². The van der Waals surface area contributed by atoms with Crippen molar-refractivity contribution in [3.8, 4) is 5.75 Å². The van der Waals surface area contributed by atoms with Crippen LogP contribution in [0.2, 0.25) is 0 Å². The standard InChI is InChI=1S/C14H21N3O3/c1-20-11-12(15-9-16-13(11)18)17-7-6-14(19)5-3-2-4-10(14)8-17/h9-10,19H,2-8H2,1H3,(H,15,16,18). The van der Waals surface area contributed by atoms with Crippen LogP contribution in [-0.4, -0.2) is 40.9 Å². The van der Waals surface area contributed by atoms with Gasteiger partial charge in [-0.05, 0) is 19.3 Å². The Bertz CT molecular complexity index is 545. The first-order valence-electron chi connectivity index (χ1n) is 7.23. The zero-order chi connectivity index (χ0) is 14.2. The van der Waals surface area contributed by atoms with E-state index in [1.165, 1.54) is 19.9 Å². The van der Waals surface area contributed by atoms with E-state index in [0.717, 1.165) is 32.2 Å². The number of aromatic nitrogens is 2. The maximum absolute atomic E-state index is 11.8. The molecule has 110 valence electrons. The largest absolute Gasteiger partial charge is 0.489 e. The van der Waals surface area contributed by atoms with Crippen LogP contribution in [0.25, 0.3) is 0 Å². The summed E-state index contributed by atoms with van der Waals surface area (Å²) in [4.78, 5) is 20.6. The third-order valence-electron chi connectivity index (χ3n) is 4.72. The number of rotatable bonds is 2. The van der Waals surface area contributed by atoms with Crippen LogP contribution in [0.4, 0.5) is 5.82 Å². The van der Waals surface area contributed by atoms with Crippen molar-refractivity contribution in [2.24, 2.45) is 5.92 Å².